The maximum atomic E-state index is 11.8. The fraction of sp³-hybridized carbons (Fsp3) is 0.696. The van der Waals surface area contributed by atoms with Crippen molar-refractivity contribution < 1.29 is 14.6 Å². The van der Waals surface area contributed by atoms with Crippen molar-refractivity contribution in [3.05, 3.63) is 29.8 Å². The van der Waals surface area contributed by atoms with Crippen LogP contribution in [-0.4, -0.2) is 17.7 Å². The summed E-state index contributed by atoms with van der Waals surface area (Å²) in [5.74, 6) is -0.258. The second kappa shape index (κ2) is 15.7. The van der Waals surface area contributed by atoms with Gasteiger partial charge in [-0.2, -0.15) is 0 Å². The van der Waals surface area contributed by atoms with Gasteiger partial charge in [0.2, 0.25) is 0 Å². The molecule has 1 N–H and O–H groups in total. The van der Waals surface area contributed by atoms with Crippen molar-refractivity contribution in [2.24, 2.45) is 0 Å². The maximum Gasteiger partial charge on any atom is 0.338 e. The molecule has 0 heterocycles. The van der Waals surface area contributed by atoms with E-state index in [4.69, 9.17) is 4.74 Å². The summed E-state index contributed by atoms with van der Waals surface area (Å²) in [4.78, 5) is 11.8. The van der Waals surface area contributed by atoms with Gasteiger partial charge in [-0.15, -0.1) is 0 Å². The fourth-order valence-electron chi connectivity index (χ4n) is 3.18. The van der Waals surface area contributed by atoms with Gasteiger partial charge in [0.15, 0.2) is 0 Å². The van der Waals surface area contributed by atoms with Crippen LogP contribution in [0.3, 0.4) is 0 Å². The number of aromatic hydroxyl groups is 1. The molecule has 0 aliphatic rings. The normalized spacial score (nSPS) is 10.8. The smallest absolute Gasteiger partial charge is 0.338 e. The number of carbonyl (C=O) groups excluding carboxylic acids is 1. The molecule has 1 rings (SSSR count). The average molecular weight is 363 g/mol. The lowest BCUT2D eigenvalue weighted by Crippen LogP contribution is -2.06. The number of phenolic OH excluding ortho intramolecular Hbond substituents is 1. The van der Waals surface area contributed by atoms with Gasteiger partial charge in [-0.05, 0) is 24.6 Å². The molecule has 0 spiro atoms. The average Bonchev–Trinajstić information content (AvgIpc) is 2.64. The number of carbonyl (C=O) groups is 1. The molecule has 1 aromatic rings. The van der Waals surface area contributed by atoms with Crippen molar-refractivity contribution in [3.63, 3.8) is 0 Å². The Morgan fingerprint density at radius 1 is 0.808 bits per heavy atom. The molecule has 1 aromatic carbocycles. The van der Waals surface area contributed by atoms with Gasteiger partial charge < -0.3 is 9.84 Å². The molecule has 26 heavy (non-hydrogen) atoms. The Labute approximate surface area is 160 Å². The minimum absolute atomic E-state index is 0.0935. The van der Waals surface area contributed by atoms with Crippen molar-refractivity contribution in [1.29, 1.82) is 0 Å². The number of unbranched alkanes of at least 4 members (excludes halogenated alkanes) is 13. The van der Waals surface area contributed by atoms with Crippen molar-refractivity contribution >= 4 is 5.97 Å². The summed E-state index contributed by atoms with van der Waals surface area (Å²) in [7, 11) is 0. The molecule has 3 nitrogen and oxygen atoms in total. The summed E-state index contributed by atoms with van der Waals surface area (Å²) in [5, 5.41) is 9.36. The summed E-state index contributed by atoms with van der Waals surface area (Å²) in [6, 6.07) is 6.30. The first-order valence-corrected chi connectivity index (χ1v) is 10.7. The number of benzene rings is 1. The van der Waals surface area contributed by atoms with Gasteiger partial charge in [0, 0.05) is 0 Å². The summed E-state index contributed by atoms with van der Waals surface area (Å²) >= 11 is 0. The Hall–Kier alpha value is -1.51. The fourth-order valence-corrected chi connectivity index (χ4v) is 3.18. The molecule has 148 valence electrons. The van der Waals surface area contributed by atoms with Crippen LogP contribution < -0.4 is 0 Å². The van der Waals surface area contributed by atoms with Gasteiger partial charge in [-0.3, -0.25) is 0 Å². The van der Waals surface area contributed by atoms with Crippen LogP contribution in [0.25, 0.3) is 0 Å². The molecule has 0 amide bonds. The van der Waals surface area contributed by atoms with E-state index in [0.717, 1.165) is 12.8 Å². The molecule has 0 bridgehead atoms. The molecule has 0 saturated heterocycles. The summed E-state index contributed by atoms with van der Waals surface area (Å²) in [5.41, 5.74) is 0.412. The van der Waals surface area contributed by atoms with E-state index < -0.39 is 0 Å². The van der Waals surface area contributed by atoms with Crippen LogP contribution in [0.1, 0.15) is 107 Å². The Balaban J connectivity index is 1.83. The molecule has 0 atom stereocenters. The van der Waals surface area contributed by atoms with Crippen LogP contribution in [0.4, 0.5) is 0 Å². The number of ether oxygens (including phenoxy) is 1. The molecule has 3 heteroatoms. The number of rotatable bonds is 16. The first-order chi connectivity index (χ1) is 12.7. The zero-order chi connectivity index (χ0) is 18.9. The molecular weight excluding hydrogens is 324 g/mol. The van der Waals surface area contributed by atoms with Crippen LogP contribution >= 0.6 is 0 Å². The van der Waals surface area contributed by atoms with E-state index in [-0.39, 0.29) is 11.7 Å². The number of hydrogen-bond acceptors (Lipinski definition) is 3. The maximum absolute atomic E-state index is 11.8. The van der Waals surface area contributed by atoms with E-state index in [1.165, 1.54) is 83.1 Å². The first kappa shape index (κ1) is 22.5. The van der Waals surface area contributed by atoms with E-state index in [2.05, 4.69) is 6.92 Å². The highest BCUT2D eigenvalue weighted by Crippen LogP contribution is 2.14. The molecule has 0 aromatic heterocycles. The quantitative estimate of drug-likeness (QED) is 0.253. The van der Waals surface area contributed by atoms with Crippen LogP contribution in [0.15, 0.2) is 24.3 Å². The lowest BCUT2D eigenvalue weighted by Gasteiger charge is -2.05. The van der Waals surface area contributed by atoms with Crippen molar-refractivity contribution in [2.75, 3.05) is 6.61 Å². The van der Waals surface area contributed by atoms with Crippen molar-refractivity contribution in [2.45, 2.75) is 96.8 Å². The second-order valence-electron chi connectivity index (χ2n) is 7.28. The molecular formula is C23H38O3. The zero-order valence-electron chi connectivity index (χ0n) is 16.7. The number of esters is 1. The Morgan fingerprint density at radius 2 is 1.31 bits per heavy atom. The third kappa shape index (κ3) is 11.9. The SMILES string of the molecule is CCCCCCCCCCCCCCCCOC(=O)c1cccc(O)c1. The monoisotopic (exact) mass is 362 g/mol. The summed E-state index contributed by atoms with van der Waals surface area (Å²) in [6.45, 7) is 2.73. The predicted molar refractivity (Wildman–Crippen MR) is 109 cm³/mol. The lowest BCUT2D eigenvalue weighted by molar-refractivity contribution is 0.0497. The molecule has 0 radical (unpaired) electrons. The van der Waals surface area contributed by atoms with Gasteiger partial charge in [-0.25, -0.2) is 4.79 Å². The summed E-state index contributed by atoms with van der Waals surface area (Å²) in [6.07, 6.45) is 18.4. The molecule has 0 aliphatic heterocycles. The van der Waals surface area contributed by atoms with E-state index >= 15 is 0 Å². The van der Waals surface area contributed by atoms with Gasteiger partial charge in [0.05, 0.1) is 12.2 Å². The Kier molecular flexibility index (Phi) is 13.6. The van der Waals surface area contributed by atoms with Gasteiger partial charge in [0.25, 0.3) is 0 Å². The highest BCUT2D eigenvalue weighted by Gasteiger charge is 2.06. The third-order valence-corrected chi connectivity index (χ3v) is 4.81. The van der Waals surface area contributed by atoms with Crippen molar-refractivity contribution in [3.8, 4) is 5.75 Å². The van der Waals surface area contributed by atoms with E-state index in [0.29, 0.717) is 12.2 Å². The molecule has 0 fully saturated rings. The van der Waals surface area contributed by atoms with E-state index in [9.17, 15) is 9.90 Å². The minimum Gasteiger partial charge on any atom is -0.508 e. The van der Waals surface area contributed by atoms with Crippen LogP contribution in [-0.2, 0) is 4.74 Å². The first-order valence-electron chi connectivity index (χ1n) is 10.7. The summed E-state index contributed by atoms with van der Waals surface area (Å²) < 4.78 is 5.24. The zero-order valence-corrected chi connectivity index (χ0v) is 16.7. The molecule has 0 aliphatic carbocycles. The van der Waals surface area contributed by atoms with E-state index in [1.54, 1.807) is 18.2 Å². The Morgan fingerprint density at radius 3 is 1.81 bits per heavy atom. The molecule has 0 unspecified atom stereocenters. The number of hydrogen-bond donors (Lipinski definition) is 1. The Bertz CT molecular complexity index is 470. The predicted octanol–water partition coefficient (Wildman–Crippen LogP) is 7.03. The lowest BCUT2D eigenvalue weighted by atomic mass is 10.0. The molecule has 0 saturated carbocycles. The highest BCUT2D eigenvalue weighted by atomic mass is 16.5. The van der Waals surface area contributed by atoms with Gasteiger partial charge >= 0.3 is 5.97 Å². The van der Waals surface area contributed by atoms with E-state index in [1.807, 2.05) is 0 Å². The third-order valence-electron chi connectivity index (χ3n) is 4.81. The number of phenols is 1. The van der Waals surface area contributed by atoms with Gasteiger partial charge in [0.1, 0.15) is 5.75 Å². The van der Waals surface area contributed by atoms with Crippen molar-refractivity contribution in [1.82, 2.24) is 0 Å². The topological polar surface area (TPSA) is 46.5 Å². The largest absolute Gasteiger partial charge is 0.508 e. The highest BCUT2D eigenvalue weighted by molar-refractivity contribution is 5.89. The van der Waals surface area contributed by atoms with Gasteiger partial charge in [-0.1, -0.05) is 96.5 Å². The minimum atomic E-state index is -0.351. The van der Waals surface area contributed by atoms with Crippen LogP contribution in [0, 0.1) is 0 Å². The van der Waals surface area contributed by atoms with Crippen LogP contribution in [0.5, 0.6) is 5.75 Å². The van der Waals surface area contributed by atoms with Crippen LogP contribution in [0.2, 0.25) is 0 Å². The second-order valence-corrected chi connectivity index (χ2v) is 7.28. The standard InChI is InChI=1S/C23H38O3/c1-2-3-4-5-6-7-8-9-10-11-12-13-14-15-19-26-23(25)21-17-16-18-22(24)20-21/h16-18,20,24H,2-15,19H2,1H3.